The van der Waals surface area contributed by atoms with Gasteiger partial charge in [0.1, 0.15) is 11.5 Å². The number of aromatic nitrogens is 2. The van der Waals surface area contributed by atoms with Crippen molar-refractivity contribution in [2.45, 2.75) is 50.5 Å². The van der Waals surface area contributed by atoms with Crippen molar-refractivity contribution in [1.29, 1.82) is 0 Å². The largest absolute Gasteiger partial charge is 0.497 e. The number of benzene rings is 1. The lowest BCUT2D eigenvalue weighted by molar-refractivity contribution is -0.170. The third-order valence-electron chi connectivity index (χ3n) is 5.99. The van der Waals surface area contributed by atoms with Gasteiger partial charge in [-0.3, -0.25) is 14.5 Å². The molecule has 1 saturated heterocycles. The fourth-order valence-corrected chi connectivity index (χ4v) is 4.02. The molecule has 5 N–H and O–H groups in total. The number of carboxylic acid groups (broad SMARTS) is 3. The zero-order valence-corrected chi connectivity index (χ0v) is 22.7. The van der Waals surface area contributed by atoms with Crippen molar-refractivity contribution in [1.82, 2.24) is 14.9 Å². The van der Waals surface area contributed by atoms with Gasteiger partial charge in [-0.15, -0.1) is 0 Å². The predicted molar refractivity (Wildman–Crippen MR) is 141 cm³/mol. The number of rotatable bonds is 14. The Morgan fingerprint density at radius 3 is 2.20 bits per heavy atom. The molecule has 14 nitrogen and oxygen atoms in total. The first kappa shape index (κ1) is 32.2. The second kappa shape index (κ2) is 15.5. The average molecular weight is 565 g/mol. The Balaban J connectivity index is 0.000000366. The Kier molecular flexibility index (Phi) is 12.5. The number of carboxylic acids is 3. The van der Waals surface area contributed by atoms with Crippen LogP contribution in [-0.4, -0.2) is 99.3 Å². The maximum absolute atomic E-state index is 10.3. The minimum atomic E-state index is -2.74. The van der Waals surface area contributed by atoms with Gasteiger partial charge in [0.05, 0.1) is 33.2 Å². The van der Waals surface area contributed by atoms with Crippen LogP contribution >= 0.6 is 0 Å². The minimum Gasteiger partial charge on any atom is -0.497 e. The van der Waals surface area contributed by atoms with Crippen molar-refractivity contribution in [3.8, 4) is 11.5 Å². The van der Waals surface area contributed by atoms with Crippen molar-refractivity contribution < 1.29 is 49.0 Å². The number of hydrogen-bond donors (Lipinski definition) is 5. The second-order valence-corrected chi connectivity index (χ2v) is 9.13. The number of aliphatic hydroxyl groups is 1. The van der Waals surface area contributed by atoms with Gasteiger partial charge in [-0.2, -0.15) is 0 Å². The van der Waals surface area contributed by atoms with Gasteiger partial charge in [0, 0.05) is 62.9 Å². The molecule has 2 heterocycles. The van der Waals surface area contributed by atoms with E-state index in [0.717, 1.165) is 61.7 Å². The van der Waals surface area contributed by atoms with Crippen LogP contribution in [0.1, 0.15) is 36.8 Å². The van der Waals surface area contributed by atoms with Gasteiger partial charge in [0.15, 0.2) is 5.60 Å². The van der Waals surface area contributed by atoms with E-state index in [1.165, 1.54) is 0 Å². The van der Waals surface area contributed by atoms with Crippen molar-refractivity contribution in [2.24, 2.45) is 0 Å². The van der Waals surface area contributed by atoms with Crippen LogP contribution in [0, 0.1) is 0 Å². The van der Waals surface area contributed by atoms with Crippen LogP contribution in [0.25, 0.3) is 0 Å². The van der Waals surface area contributed by atoms with Gasteiger partial charge < -0.3 is 40.0 Å². The molecule has 1 aliphatic rings. The Labute approximate surface area is 231 Å². The zero-order chi connectivity index (χ0) is 29.7. The van der Waals surface area contributed by atoms with Gasteiger partial charge in [0.25, 0.3) is 0 Å². The number of nitrogens with one attached hydrogen (secondary N) is 1. The fourth-order valence-electron chi connectivity index (χ4n) is 4.02. The minimum absolute atomic E-state index is 0.270. The van der Waals surface area contributed by atoms with E-state index < -0.39 is 36.4 Å². The van der Waals surface area contributed by atoms with Crippen LogP contribution in [0.3, 0.4) is 0 Å². The topological polar surface area (TPSA) is 201 Å². The Hall–Kier alpha value is -4.01. The maximum atomic E-state index is 10.3. The highest BCUT2D eigenvalue weighted by atomic mass is 16.5. The summed E-state index contributed by atoms with van der Waals surface area (Å²) in [5.74, 6) is -2.78. The van der Waals surface area contributed by atoms with Crippen molar-refractivity contribution in [2.75, 3.05) is 39.7 Å². The third-order valence-corrected chi connectivity index (χ3v) is 5.99. The summed E-state index contributed by atoms with van der Waals surface area (Å²) in [7, 11) is 5.16. The molecular weight excluding hydrogens is 528 g/mol. The quantitative estimate of drug-likeness (QED) is 0.221. The van der Waals surface area contributed by atoms with Crippen LogP contribution in [0.5, 0.6) is 11.5 Å². The number of anilines is 1. The van der Waals surface area contributed by atoms with Crippen LogP contribution in [0.4, 0.5) is 5.95 Å². The lowest BCUT2D eigenvalue weighted by Gasteiger charge is -2.26. The van der Waals surface area contributed by atoms with Gasteiger partial charge >= 0.3 is 17.9 Å². The summed E-state index contributed by atoms with van der Waals surface area (Å²) in [6.45, 7) is 3.22. The van der Waals surface area contributed by atoms with Gasteiger partial charge in [-0.25, -0.2) is 14.8 Å². The number of hydrogen-bond acceptors (Lipinski definition) is 11. The molecular formula is C26H36N4O10. The Morgan fingerprint density at radius 2 is 1.73 bits per heavy atom. The maximum Gasteiger partial charge on any atom is 0.336 e. The first-order chi connectivity index (χ1) is 19.0. The van der Waals surface area contributed by atoms with E-state index in [4.69, 9.17) is 34.6 Å². The molecule has 1 fully saturated rings. The lowest BCUT2D eigenvalue weighted by Crippen LogP contribution is -2.42. The van der Waals surface area contributed by atoms with E-state index in [-0.39, 0.29) is 6.10 Å². The summed E-state index contributed by atoms with van der Waals surface area (Å²) in [6, 6.07) is 5.94. The SMILES string of the molecule is CNc1ncc(CN(Cc2ccc(OC)cc2OC)CC2CCCO2)cn1.O=C(O)CC(O)(CC(=O)O)C(=O)O. The lowest BCUT2D eigenvalue weighted by atomic mass is 9.96. The summed E-state index contributed by atoms with van der Waals surface area (Å²) in [4.78, 5) is 41.5. The zero-order valence-electron chi connectivity index (χ0n) is 22.7. The van der Waals surface area contributed by atoms with Crippen molar-refractivity contribution in [3.63, 3.8) is 0 Å². The predicted octanol–water partition coefficient (Wildman–Crippen LogP) is 1.47. The van der Waals surface area contributed by atoms with Gasteiger partial charge in [0.2, 0.25) is 5.95 Å². The molecule has 0 bridgehead atoms. The summed E-state index contributed by atoms with van der Waals surface area (Å²) in [6.07, 6.45) is 3.95. The second-order valence-electron chi connectivity index (χ2n) is 9.13. The number of nitrogens with zero attached hydrogens (tertiary/aromatic N) is 3. The van der Waals surface area contributed by atoms with E-state index in [1.54, 1.807) is 14.2 Å². The fraction of sp³-hybridized carbons (Fsp3) is 0.500. The summed E-state index contributed by atoms with van der Waals surface area (Å²) >= 11 is 0. The van der Waals surface area contributed by atoms with Crippen LogP contribution < -0.4 is 14.8 Å². The number of carbonyl (C=O) groups is 3. The molecule has 40 heavy (non-hydrogen) atoms. The first-order valence-corrected chi connectivity index (χ1v) is 12.4. The van der Waals surface area contributed by atoms with E-state index in [9.17, 15) is 14.4 Å². The molecule has 1 unspecified atom stereocenters. The first-order valence-electron chi connectivity index (χ1n) is 12.4. The summed E-state index contributed by atoms with van der Waals surface area (Å²) in [5.41, 5.74) is -0.555. The monoisotopic (exact) mass is 564 g/mol. The molecule has 14 heteroatoms. The van der Waals surface area contributed by atoms with E-state index in [1.807, 2.05) is 31.6 Å². The van der Waals surface area contributed by atoms with Crippen molar-refractivity contribution in [3.05, 3.63) is 41.7 Å². The molecule has 1 aliphatic heterocycles. The van der Waals surface area contributed by atoms with E-state index >= 15 is 0 Å². The summed E-state index contributed by atoms with van der Waals surface area (Å²) in [5, 5.41) is 36.8. The average Bonchev–Trinajstić information content (AvgIpc) is 3.41. The smallest absolute Gasteiger partial charge is 0.336 e. The van der Waals surface area contributed by atoms with Crippen LogP contribution in [0.2, 0.25) is 0 Å². The van der Waals surface area contributed by atoms with Crippen molar-refractivity contribution >= 4 is 23.9 Å². The van der Waals surface area contributed by atoms with E-state index in [0.29, 0.717) is 5.95 Å². The highest BCUT2D eigenvalue weighted by molar-refractivity contribution is 5.88. The Bertz CT molecular complexity index is 1110. The summed E-state index contributed by atoms with van der Waals surface area (Å²) < 4.78 is 16.7. The Morgan fingerprint density at radius 1 is 1.07 bits per heavy atom. The van der Waals surface area contributed by atoms with Crippen LogP contribution in [0.15, 0.2) is 30.6 Å². The highest BCUT2D eigenvalue weighted by Crippen LogP contribution is 2.27. The molecule has 0 aliphatic carbocycles. The molecule has 0 spiro atoms. The molecule has 2 aromatic rings. The van der Waals surface area contributed by atoms with Gasteiger partial charge in [-0.05, 0) is 18.9 Å². The number of methoxy groups -OCH3 is 2. The third kappa shape index (κ3) is 10.3. The standard InChI is InChI=1S/C20H28N4O3.C6H8O7/c1-21-20-22-10-15(11-23-20)12-24(14-18-5-4-8-27-18)13-16-6-7-17(25-2)9-19(16)26-3;7-3(8)1-6(13,5(11)12)2-4(9)10/h6-7,9-11,18H,4-5,8,12-14H2,1-3H3,(H,21,22,23);13H,1-2H2,(H,7,8)(H,9,10)(H,11,12). The molecule has 1 aromatic heterocycles. The normalized spacial score (nSPS) is 14.7. The van der Waals surface area contributed by atoms with Gasteiger partial charge in [-0.1, -0.05) is 6.07 Å². The van der Waals surface area contributed by atoms with E-state index in [2.05, 4.69) is 26.3 Å². The molecule has 3 rings (SSSR count). The molecule has 0 saturated carbocycles. The number of ether oxygens (including phenoxy) is 3. The molecule has 0 radical (unpaired) electrons. The number of aliphatic carboxylic acids is 3. The molecule has 220 valence electrons. The molecule has 0 amide bonds. The van der Waals surface area contributed by atoms with Crippen LogP contribution in [-0.2, 0) is 32.2 Å². The highest BCUT2D eigenvalue weighted by Gasteiger charge is 2.40. The molecule has 1 aromatic carbocycles. The molecule has 1 atom stereocenters.